The number of non-ortho nitro benzene ring substituents is 2. The molecule has 3 aromatic carbocycles. The van der Waals surface area contributed by atoms with Crippen LogP contribution in [0.2, 0.25) is 0 Å². The second-order valence-corrected chi connectivity index (χ2v) is 6.97. The number of ketones is 1. The number of esters is 1. The number of hydrogen-bond acceptors (Lipinski definition) is 8. The van der Waals surface area contributed by atoms with Crippen molar-refractivity contribution in [3.63, 3.8) is 0 Å². The predicted octanol–water partition coefficient (Wildman–Crippen LogP) is 3.40. The zero-order valence-corrected chi connectivity index (χ0v) is 17.5. The van der Waals surface area contributed by atoms with Gasteiger partial charge < -0.3 is 10.1 Å². The lowest BCUT2D eigenvalue weighted by molar-refractivity contribution is -0.394. The molecule has 1 amide bonds. The van der Waals surface area contributed by atoms with E-state index in [1.54, 1.807) is 48.5 Å². The van der Waals surface area contributed by atoms with Crippen LogP contribution in [0, 0.1) is 20.2 Å². The van der Waals surface area contributed by atoms with Crippen molar-refractivity contribution < 1.29 is 29.0 Å². The summed E-state index contributed by atoms with van der Waals surface area (Å²) in [5.41, 5.74) is -1.07. The summed E-state index contributed by atoms with van der Waals surface area (Å²) in [7, 11) is 0. The quantitative estimate of drug-likeness (QED) is 0.219. The molecule has 3 aromatic rings. The molecule has 1 atom stereocenters. The van der Waals surface area contributed by atoms with Gasteiger partial charge in [-0.1, -0.05) is 60.7 Å². The fraction of sp³-hybridized carbons (Fsp3) is 0.0870. The summed E-state index contributed by atoms with van der Waals surface area (Å²) in [6.45, 7) is -0.579. The molecule has 0 bridgehead atoms. The number of carbonyl (C=O) groups excluding carboxylic acids is 3. The Kier molecular flexibility index (Phi) is 7.39. The number of benzene rings is 3. The summed E-state index contributed by atoms with van der Waals surface area (Å²) in [6.07, 6.45) is 0. The van der Waals surface area contributed by atoms with E-state index in [0.29, 0.717) is 11.1 Å². The Morgan fingerprint density at radius 1 is 0.794 bits per heavy atom. The van der Waals surface area contributed by atoms with Crippen molar-refractivity contribution in [1.82, 2.24) is 5.32 Å². The number of Topliss-reactive ketones (excluding diaryl/α,β-unsaturated/α-hetero) is 1. The third-order valence-corrected chi connectivity index (χ3v) is 4.67. The SMILES string of the molecule is O=C(COC(=O)C(NC(=O)c1cc([N+](=O)[O-])cc([N+](=O)[O-])c1)c1ccccc1)c1ccccc1. The highest BCUT2D eigenvalue weighted by atomic mass is 16.6. The minimum atomic E-state index is -1.38. The fourth-order valence-electron chi connectivity index (χ4n) is 3.00. The lowest BCUT2D eigenvalue weighted by atomic mass is 10.1. The Morgan fingerprint density at radius 3 is 1.85 bits per heavy atom. The first kappa shape index (κ1) is 23.7. The molecule has 0 spiro atoms. The average molecular weight is 463 g/mol. The number of nitrogens with one attached hydrogen (secondary N) is 1. The van der Waals surface area contributed by atoms with Crippen LogP contribution in [0.5, 0.6) is 0 Å². The highest BCUT2D eigenvalue weighted by Gasteiger charge is 2.27. The molecule has 34 heavy (non-hydrogen) atoms. The number of nitro groups is 2. The Morgan fingerprint density at radius 2 is 1.32 bits per heavy atom. The van der Waals surface area contributed by atoms with Crippen LogP contribution in [0.3, 0.4) is 0 Å². The molecule has 0 saturated heterocycles. The van der Waals surface area contributed by atoms with Crippen LogP contribution in [-0.2, 0) is 9.53 Å². The van der Waals surface area contributed by atoms with Crippen molar-refractivity contribution in [2.45, 2.75) is 6.04 Å². The van der Waals surface area contributed by atoms with Gasteiger partial charge in [0.2, 0.25) is 0 Å². The van der Waals surface area contributed by atoms with Crippen LogP contribution in [0.4, 0.5) is 11.4 Å². The van der Waals surface area contributed by atoms with Crippen LogP contribution < -0.4 is 5.32 Å². The third-order valence-electron chi connectivity index (χ3n) is 4.67. The maximum atomic E-state index is 12.8. The van der Waals surface area contributed by atoms with Crippen molar-refractivity contribution >= 4 is 29.0 Å². The first-order valence-corrected chi connectivity index (χ1v) is 9.81. The molecule has 0 heterocycles. The molecule has 0 fully saturated rings. The van der Waals surface area contributed by atoms with Crippen LogP contribution in [0.25, 0.3) is 0 Å². The van der Waals surface area contributed by atoms with Crippen LogP contribution >= 0.6 is 0 Å². The zero-order valence-electron chi connectivity index (χ0n) is 17.5. The third kappa shape index (κ3) is 5.85. The summed E-state index contributed by atoms with van der Waals surface area (Å²) < 4.78 is 5.12. The summed E-state index contributed by atoms with van der Waals surface area (Å²) in [5, 5.41) is 24.6. The van der Waals surface area contributed by atoms with E-state index in [1.165, 1.54) is 12.1 Å². The van der Waals surface area contributed by atoms with E-state index < -0.39 is 57.1 Å². The molecule has 1 N–H and O–H groups in total. The Balaban J connectivity index is 1.84. The van der Waals surface area contributed by atoms with Crippen LogP contribution in [0.15, 0.2) is 78.9 Å². The number of hydrogen-bond donors (Lipinski definition) is 1. The van der Waals surface area contributed by atoms with Gasteiger partial charge in [-0.15, -0.1) is 0 Å². The Labute approximate surface area is 192 Å². The Hall–Kier alpha value is -4.93. The molecule has 0 aliphatic heterocycles. The van der Waals surface area contributed by atoms with Crippen molar-refractivity contribution in [3.8, 4) is 0 Å². The van der Waals surface area contributed by atoms with Gasteiger partial charge in [-0.3, -0.25) is 29.8 Å². The maximum Gasteiger partial charge on any atom is 0.333 e. The normalized spacial score (nSPS) is 11.2. The highest BCUT2D eigenvalue weighted by Crippen LogP contribution is 2.24. The smallest absolute Gasteiger partial charge is 0.333 e. The standard InChI is InChI=1S/C23H17N3O8/c27-20(15-7-3-1-4-8-15)14-34-23(29)21(16-9-5-2-6-10-16)24-22(28)17-11-18(25(30)31)13-19(12-17)26(32)33/h1-13,21H,14H2,(H,24,28). The molecule has 11 heteroatoms. The second kappa shape index (κ2) is 10.6. The molecule has 0 radical (unpaired) electrons. The minimum Gasteiger partial charge on any atom is -0.455 e. The van der Waals surface area contributed by atoms with E-state index in [1.807, 2.05) is 0 Å². The number of rotatable bonds is 9. The summed E-state index contributed by atoms with van der Waals surface area (Å²) >= 11 is 0. The van der Waals surface area contributed by atoms with Crippen molar-refractivity contribution in [3.05, 3.63) is 116 Å². The number of nitro benzene ring substituents is 2. The second-order valence-electron chi connectivity index (χ2n) is 6.97. The lowest BCUT2D eigenvalue weighted by Gasteiger charge is -2.18. The topological polar surface area (TPSA) is 159 Å². The molecule has 0 aliphatic rings. The van der Waals surface area contributed by atoms with Crippen LogP contribution in [-0.4, -0.2) is 34.1 Å². The van der Waals surface area contributed by atoms with E-state index >= 15 is 0 Å². The number of amides is 1. The minimum absolute atomic E-state index is 0.313. The van der Waals surface area contributed by atoms with Gasteiger partial charge in [0.25, 0.3) is 17.3 Å². The molecular formula is C23H17N3O8. The first-order valence-electron chi connectivity index (χ1n) is 9.81. The molecule has 172 valence electrons. The van der Waals surface area contributed by atoms with Crippen molar-refractivity contribution in [2.24, 2.45) is 0 Å². The predicted molar refractivity (Wildman–Crippen MR) is 118 cm³/mol. The van der Waals surface area contributed by atoms with Gasteiger partial charge in [-0.2, -0.15) is 0 Å². The van der Waals surface area contributed by atoms with E-state index in [-0.39, 0.29) is 0 Å². The van der Waals surface area contributed by atoms with Crippen molar-refractivity contribution in [1.29, 1.82) is 0 Å². The summed E-state index contributed by atoms with van der Waals surface area (Å²) in [5.74, 6) is -2.39. The first-order chi connectivity index (χ1) is 16.3. The molecule has 0 aliphatic carbocycles. The number of carbonyl (C=O) groups is 3. The van der Waals surface area contributed by atoms with Gasteiger partial charge in [0, 0.05) is 17.7 Å². The van der Waals surface area contributed by atoms with Crippen LogP contribution in [0.1, 0.15) is 32.3 Å². The maximum absolute atomic E-state index is 12.8. The van der Waals surface area contributed by atoms with Gasteiger partial charge >= 0.3 is 5.97 Å². The molecular weight excluding hydrogens is 446 g/mol. The average Bonchev–Trinajstić information content (AvgIpc) is 2.86. The molecule has 0 saturated carbocycles. The van der Waals surface area contributed by atoms with Gasteiger partial charge in [-0.25, -0.2) is 4.79 Å². The highest BCUT2D eigenvalue weighted by molar-refractivity contribution is 6.00. The number of ether oxygens (including phenoxy) is 1. The van der Waals surface area contributed by atoms with E-state index in [4.69, 9.17) is 4.74 Å². The summed E-state index contributed by atoms with van der Waals surface area (Å²) in [4.78, 5) is 58.3. The molecule has 3 rings (SSSR count). The van der Waals surface area contributed by atoms with Gasteiger partial charge in [0.15, 0.2) is 18.4 Å². The molecule has 11 nitrogen and oxygen atoms in total. The van der Waals surface area contributed by atoms with E-state index in [9.17, 15) is 34.6 Å². The molecule has 1 unspecified atom stereocenters. The van der Waals surface area contributed by atoms with Gasteiger partial charge in [0.1, 0.15) is 0 Å². The lowest BCUT2D eigenvalue weighted by Crippen LogP contribution is -2.35. The zero-order chi connectivity index (χ0) is 24.7. The van der Waals surface area contributed by atoms with Gasteiger partial charge in [-0.05, 0) is 5.56 Å². The summed E-state index contributed by atoms with van der Waals surface area (Å²) in [6, 6.07) is 17.1. The largest absolute Gasteiger partial charge is 0.455 e. The molecule has 0 aromatic heterocycles. The van der Waals surface area contributed by atoms with E-state index in [2.05, 4.69) is 5.32 Å². The van der Waals surface area contributed by atoms with Crippen molar-refractivity contribution in [2.75, 3.05) is 6.61 Å². The monoisotopic (exact) mass is 463 g/mol. The number of nitrogens with zero attached hydrogens (tertiary/aromatic N) is 2. The van der Waals surface area contributed by atoms with E-state index in [0.717, 1.165) is 18.2 Å². The van der Waals surface area contributed by atoms with Gasteiger partial charge in [0.05, 0.1) is 21.5 Å². The Bertz CT molecular complexity index is 1210. The fourth-order valence-corrected chi connectivity index (χ4v) is 3.00.